The zero-order valence-electron chi connectivity index (χ0n) is 60.3. The Kier molecular flexibility index (Phi) is 9.62. The average molecular weight is 1150 g/mol. The Bertz CT molecular complexity index is 3920. The van der Waals surface area contributed by atoms with Gasteiger partial charge in [0.25, 0.3) is 0 Å². The molecular formula is C67H78N3OPt-. The summed E-state index contributed by atoms with van der Waals surface area (Å²) in [5.74, 6) is 0.280. The molecule has 0 bridgehead atoms. The van der Waals surface area contributed by atoms with E-state index < -0.39 is 78.8 Å². The molecule has 0 fully saturated rings. The van der Waals surface area contributed by atoms with Crippen LogP contribution in [-0.4, -0.2) is 19.6 Å². The van der Waals surface area contributed by atoms with Crippen molar-refractivity contribution in [1.29, 1.82) is 0 Å². The molecule has 0 aliphatic heterocycles. The number of phenolic OH excluding ortho intramolecular Hbond substituents is 1. The van der Waals surface area contributed by atoms with Crippen molar-refractivity contribution in [3.05, 3.63) is 166 Å². The van der Waals surface area contributed by atoms with Crippen LogP contribution in [0.4, 0.5) is 0 Å². The maximum absolute atomic E-state index is 12.7. The third-order valence-electron chi connectivity index (χ3n) is 13.3. The number of benzene rings is 6. The molecule has 5 heteroatoms. The second kappa shape index (κ2) is 19.0. The van der Waals surface area contributed by atoms with E-state index >= 15 is 0 Å². The van der Waals surface area contributed by atoms with Gasteiger partial charge in [0.15, 0.2) is 0 Å². The molecule has 4 nitrogen and oxygen atoms in total. The number of nitrogens with zero attached hydrogens (tertiary/aromatic N) is 3. The molecule has 2 heterocycles. The fourth-order valence-electron chi connectivity index (χ4n) is 8.79. The van der Waals surface area contributed by atoms with E-state index in [4.69, 9.17) is 25.0 Å². The zero-order chi connectivity index (χ0) is 65.4. The van der Waals surface area contributed by atoms with Crippen molar-refractivity contribution in [2.75, 3.05) is 0 Å². The normalized spacial score (nSPS) is 16.8. The standard InChI is InChI=1S/C67H78N3O.Pt/c1-41-31-43(45-33-50(64(8,9)10)38-51(34-45)65(11,12)13)25-28-57(41)70-58-22-20-21-53(59(58)69-61(70)54-39-52(66(14,15)16)40-55(60(54)71)67(17,18)19)46-32-47(36-49(35-46)63(5,6)7)56-37-44(29-30-68-56)42-23-26-48(27-24-42)62(2,3)4;/h20-31,33-40,71H,1-19H3;/q-1;/i1D3,2D3,3D3,4D3,23D,24D,26D,27D;. The number of pyridine rings is 1. The van der Waals surface area contributed by atoms with Crippen molar-refractivity contribution in [3.8, 4) is 67.5 Å². The zero-order valence-corrected chi connectivity index (χ0v) is 46.6. The van der Waals surface area contributed by atoms with E-state index in [2.05, 4.69) is 86.6 Å². The molecule has 0 amide bonds. The van der Waals surface area contributed by atoms with Crippen LogP contribution in [0.2, 0.25) is 0 Å². The number of para-hydroxylation sites is 1. The molecule has 0 spiro atoms. The van der Waals surface area contributed by atoms with Crippen molar-refractivity contribution in [2.45, 2.75) is 164 Å². The third kappa shape index (κ3) is 11.0. The second-order valence-corrected chi connectivity index (χ2v) is 24.3. The quantitative estimate of drug-likeness (QED) is 0.169. The number of phenols is 1. The molecule has 0 unspecified atom stereocenters. The molecule has 0 aliphatic rings. The van der Waals surface area contributed by atoms with E-state index in [0.717, 1.165) is 27.8 Å². The second-order valence-electron chi connectivity index (χ2n) is 24.3. The van der Waals surface area contributed by atoms with E-state index in [1.807, 2.05) is 101 Å². The van der Waals surface area contributed by atoms with Gasteiger partial charge in [-0.2, -0.15) is 0 Å². The van der Waals surface area contributed by atoms with Crippen molar-refractivity contribution >= 4 is 11.0 Å². The van der Waals surface area contributed by atoms with Gasteiger partial charge in [0.1, 0.15) is 11.6 Å². The SMILES string of the molecule is [2H]c1c([2H])c(C(C([2H])([2H])[2H])(C([2H])([2H])[2H])C([2H])([2H])[2H])c([2H])c([2H])c1-c1ccnc(-c2[c-]c(-c3cccc4c3nc(-c3cc(C(C)(C)C)cc(C(C)(C)C)c3O)n4-c3ccc(-c4cc(C(C)(C)C)cc(C(C)(C)C)c4)cc3C([2H])([2H])[2H])cc(C(C)(C)C)c2)c1.[Pt]. The van der Waals surface area contributed by atoms with Gasteiger partial charge in [-0.3, -0.25) is 9.55 Å². The first-order chi connectivity index (χ1) is 39.4. The molecule has 6 aromatic carbocycles. The summed E-state index contributed by atoms with van der Waals surface area (Å²) < 4.78 is 141. The van der Waals surface area contributed by atoms with Gasteiger partial charge < -0.3 is 5.11 Å². The number of fused-ring (bicyclic) bond motifs is 1. The Hall–Kier alpha value is -5.57. The van der Waals surface area contributed by atoms with Crippen LogP contribution in [0.1, 0.15) is 185 Å². The van der Waals surface area contributed by atoms with Crippen LogP contribution in [-0.2, 0) is 53.6 Å². The fourth-order valence-corrected chi connectivity index (χ4v) is 8.79. The van der Waals surface area contributed by atoms with E-state index in [9.17, 15) is 12.0 Å². The summed E-state index contributed by atoms with van der Waals surface area (Å²) in [4.78, 5) is 10.2. The van der Waals surface area contributed by atoms with E-state index in [-0.39, 0.29) is 65.9 Å². The minimum absolute atomic E-state index is 0. The Morgan fingerprint density at radius 3 is 1.69 bits per heavy atom. The van der Waals surface area contributed by atoms with Gasteiger partial charge in [0, 0.05) is 55.0 Å². The van der Waals surface area contributed by atoms with E-state index in [1.54, 1.807) is 6.07 Å². The van der Waals surface area contributed by atoms with Crippen LogP contribution in [0.15, 0.2) is 121 Å². The first-order valence-electron chi connectivity index (χ1n) is 32.3. The number of aromatic nitrogens is 3. The van der Waals surface area contributed by atoms with Gasteiger partial charge in [0.2, 0.25) is 0 Å². The fraction of sp³-hybridized carbons (Fsp3) is 0.373. The van der Waals surface area contributed by atoms with Crippen LogP contribution in [0, 0.1) is 12.9 Å². The molecule has 0 atom stereocenters. The summed E-state index contributed by atoms with van der Waals surface area (Å²) in [5.41, 5.74) is 2.51. The van der Waals surface area contributed by atoms with Crippen molar-refractivity contribution in [3.63, 3.8) is 0 Å². The van der Waals surface area contributed by atoms with Crippen LogP contribution >= 0.6 is 0 Å². The summed E-state index contributed by atoms with van der Waals surface area (Å²) in [6.07, 6.45) is 1.39. The number of rotatable bonds is 6. The number of hydrogen-bond donors (Lipinski definition) is 1. The molecular weight excluding hydrogens is 1060 g/mol. The molecule has 8 rings (SSSR count). The van der Waals surface area contributed by atoms with Gasteiger partial charge >= 0.3 is 0 Å². The van der Waals surface area contributed by atoms with Crippen LogP contribution in [0.25, 0.3) is 72.7 Å². The predicted octanol–water partition coefficient (Wildman–Crippen LogP) is 18.4. The number of aromatic hydroxyl groups is 1. The minimum atomic E-state index is -3.84. The molecule has 0 radical (unpaired) electrons. The van der Waals surface area contributed by atoms with Crippen molar-refractivity contribution < 1.29 is 48.1 Å². The van der Waals surface area contributed by atoms with E-state index in [1.165, 1.54) is 18.3 Å². The van der Waals surface area contributed by atoms with Crippen molar-refractivity contribution in [1.82, 2.24) is 14.5 Å². The third-order valence-corrected chi connectivity index (χ3v) is 13.3. The number of imidazole rings is 1. The Morgan fingerprint density at radius 2 is 1.11 bits per heavy atom. The summed E-state index contributed by atoms with van der Waals surface area (Å²) >= 11 is 0. The molecule has 378 valence electrons. The maximum atomic E-state index is 12.7. The molecule has 8 aromatic rings. The monoisotopic (exact) mass is 1150 g/mol. The molecule has 72 heavy (non-hydrogen) atoms. The maximum Gasteiger partial charge on any atom is 0.148 e. The Balaban J connectivity index is 0.0000110. The Morgan fingerprint density at radius 1 is 0.528 bits per heavy atom. The van der Waals surface area contributed by atoms with Gasteiger partial charge in [-0.25, -0.2) is 4.98 Å². The van der Waals surface area contributed by atoms with Gasteiger partial charge in [-0.1, -0.05) is 208 Å². The largest absolute Gasteiger partial charge is 0.507 e. The van der Waals surface area contributed by atoms with Crippen LogP contribution in [0.5, 0.6) is 5.75 Å². The summed E-state index contributed by atoms with van der Waals surface area (Å²) in [7, 11) is 0. The van der Waals surface area contributed by atoms with Crippen LogP contribution < -0.4 is 0 Å². The van der Waals surface area contributed by atoms with Gasteiger partial charge in [-0.15, -0.1) is 29.3 Å². The molecule has 2 aromatic heterocycles. The number of aryl methyl sites for hydroxylation is 1. The van der Waals surface area contributed by atoms with Crippen LogP contribution in [0.3, 0.4) is 0 Å². The van der Waals surface area contributed by atoms with E-state index in [0.29, 0.717) is 50.1 Å². The minimum Gasteiger partial charge on any atom is -0.507 e. The molecule has 0 saturated carbocycles. The molecule has 0 aliphatic carbocycles. The predicted molar refractivity (Wildman–Crippen MR) is 303 cm³/mol. The number of hydrogen-bond acceptors (Lipinski definition) is 3. The first kappa shape index (κ1) is 36.4. The average Bonchev–Trinajstić information content (AvgIpc) is 0.980. The van der Waals surface area contributed by atoms with Gasteiger partial charge in [-0.05, 0) is 120 Å². The molecule has 0 saturated heterocycles. The summed E-state index contributed by atoms with van der Waals surface area (Å²) in [5, 5.41) is 12.7. The topological polar surface area (TPSA) is 50.9 Å². The smallest absolute Gasteiger partial charge is 0.148 e. The molecule has 1 N–H and O–H groups in total. The van der Waals surface area contributed by atoms with Gasteiger partial charge in [0.05, 0.1) is 27.8 Å². The summed E-state index contributed by atoms with van der Waals surface area (Å²) in [6.45, 7) is 17.2. The summed E-state index contributed by atoms with van der Waals surface area (Å²) in [6, 6.07) is 27.9. The Labute approximate surface area is 469 Å². The first-order valence-corrected chi connectivity index (χ1v) is 24.3. The van der Waals surface area contributed by atoms with Crippen molar-refractivity contribution in [2.24, 2.45) is 0 Å².